The lowest BCUT2D eigenvalue weighted by Gasteiger charge is -2.06. The number of aryl methyl sites for hydroxylation is 1. The van der Waals surface area contributed by atoms with E-state index in [1.807, 2.05) is 0 Å². The number of pyridine rings is 1. The van der Waals surface area contributed by atoms with E-state index in [0.717, 1.165) is 36.1 Å². The lowest BCUT2D eigenvalue weighted by Crippen LogP contribution is -2.21. The van der Waals surface area contributed by atoms with Crippen molar-refractivity contribution in [1.29, 1.82) is 0 Å². The number of thiazole rings is 1. The zero-order valence-electron chi connectivity index (χ0n) is 12.1. The maximum atomic E-state index is 12.5. The Labute approximate surface area is 138 Å². The molecule has 0 atom stereocenters. The van der Waals surface area contributed by atoms with Gasteiger partial charge in [-0.3, -0.25) is 19.9 Å². The molecule has 2 aromatic heterocycles. The number of aromatic nitrogens is 2. The molecular formula is C14H11F3N4O2S. The highest BCUT2D eigenvalue weighted by atomic mass is 32.1. The first-order valence-corrected chi connectivity index (χ1v) is 7.79. The number of hydrogen-bond acceptors (Lipinski definition) is 5. The molecular weight excluding hydrogens is 345 g/mol. The Kier molecular flexibility index (Phi) is 4.22. The summed E-state index contributed by atoms with van der Waals surface area (Å²) in [4.78, 5) is 31.8. The Morgan fingerprint density at radius 1 is 1.33 bits per heavy atom. The molecule has 24 heavy (non-hydrogen) atoms. The van der Waals surface area contributed by atoms with Gasteiger partial charge in [-0.1, -0.05) is 11.3 Å². The molecule has 0 unspecified atom stereocenters. The van der Waals surface area contributed by atoms with Crippen LogP contribution in [0.25, 0.3) is 0 Å². The molecule has 3 heterocycles. The quantitative estimate of drug-likeness (QED) is 0.866. The summed E-state index contributed by atoms with van der Waals surface area (Å²) < 4.78 is 37.4. The summed E-state index contributed by atoms with van der Waals surface area (Å²) in [5.41, 5.74) is -0.495. The summed E-state index contributed by atoms with van der Waals surface area (Å²) >= 11 is 1.03. The van der Waals surface area contributed by atoms with Crippen LogP contribution < -0.4 is 10.6 Å². The summed E-state index contributed by atoms with van der Waals surface area (Å²) in [6, 6.07) is 1.77. The smallest absolute Gasteiger partial charge is 0.351 e. The highest BCUT2D eigenvalue weighted by Crippen LogP contribution is 2.28. The standard InChI is InChI=1S/C14H11F3N4O2S/c15-14(16,17)9-4-3-7(6-19-9)11(22)21-13-20-8-2-1-5-18-12(23)10(8)24-13/h3-4,6H,1-2,5H2,(H,18,23)(H,20,21,22). The van der Waals surface area contributed by atoms with Crippen molar-refractivity contribution in [2.24, 2.45) is 0 Å². The van der Waals surface area contributed by atoms with E-state index < -0.39 is 17.8 Å². The summed E-state index contributed by atoms with van der Waals surface area (Å²) in [6.45, 7) is 0.570. The third kappa shape index (κ3) is 3.37. The van der Waals surface area contributed by atoms with Crippen LogP contribution in [0.3, 0.4) is 0 Å². The van der Waals surface area contributed by atoms with Gasteiger partial charge in [-0.2, -0.15) is 13.2 Å². The minimum absolute atomic E-state index is 0.0298. The SMILES string of the molecule is O=C(Nc1nc2c(s1)C(=O)NCCC2)c1ccc(C(F)(F)F)nc1. The molecule has 1 aliphatic heterocycles. The highest BCUT2D eigenvalue weighted by molar-refractivity contribution is 7.17. The summed E-state index contributed by atoms with van der Waals surface area (Å²) in [6.07, 6.45) is -2.35. The van der Waals surface area contributed by atoms with E-state index >= 15 is 0 Å². The number of nitrogens with zero attached hydrogens (tertiary/aromatic N) is 2. The molecule has 0 saturated heterocycles. The van der Waals surface area contributed by atoms with Gasteiger partial charge in [0, 0.05) is 12.7 Å². The van der Waals surface area contributed by atoms with E-state index in [0.29, 0.717) is 23.5 Å². The second-order valence-electron chi connectivity index (χ2n) is 5.04. The number of hydrogen-bond donors (Lipinski definition) is 2. The van der Waals surface area contributed by atoms with Crippen molar-refractivity contribution in [3.8, 4) is 0 Å². The Balaban J connectivity index is 1.76. The van der Waals surface area contributed by atoms with Crippen LogP contribution >= 0.6 is 11.3 Å². The fourth-order valence-corrected chi connectivity index (χ4v) is 3.08. The number of amides is 2. The monoisotopic (exact) mass is 356 g/mol. The maximum Gasteiger partial charge on any atom is 0.433 e. The predicted molar refractivity (Wildman–Crippen MR) is 80.0 cm³/mol. The molecule has 0 bridgehead atoms. The number of halogens is 3. The third-order valence-electron chi connectivity index (χ3n) is 3.32. The van der Waals surface area contributed by atoms with Crippen molar-refractivity contribution in [1.82, 2.24) is 15.3 Å². The van der Waals surface area contributed by atoms with Crippen LogP contribution in [0.4, 0.5) is 18.3 Å². The maximum absolute atomic E-state index is 12.5. The first-order valence-electron chi connectivity index (χ1n) is 6.97. The lowest BCUT2D eigenvalue weighted by molar-refractivity contribution is -0.141. The number of nitrogens with one attached hydrogen (secondary N) is 2. The largest absolute Gasteiger partial charge is 0.433 e. The molecule has 0 aromatic carbocycles. The molecule has 0 aliphatic carbocycles. The van der Waals surface area contributed by atoms with Gasteiger partial charge in [-0.25, -0.2) is 4.98 Å². The van der Waals surface area contributed by atoms with Gasteiger partial charge in [0.05, 0.1) is 11.3 Å². The average Bonchev–Trinajstić information content (AvgIpc) is 2.85. The molecule has 1 aliphatic rings. The van der Waals surface area contributed by atoms with Gasteiger partial charge in [0.1, 0.15) is 10.6 Å². The molecule has 3 rings (SSSR count). The van der Waals surface area contributed by atoms with Crippen LogP contribution in [0.5, 0.6) is 0 Å². The molecule has 126 valence electrons. The van der Waals surface area contributed by atoms with Crippen LogP contribution in [0.15, 0.2) is 18.3 Å². The first kappa shape index (κ1) is 16.4. The first-order chi connectivity index (χ1) is 11.3. The highest BCUT2D eigenvalue weighted by Gasteiger charge is 2.32. The van der Waals surface area contributed by atoms with Crippen molar-refractivity contribution in [2.45, 2.75) is 19.0 Å². The van der Waals surface area contributed by atoms with Crippen LogP contribution in [0.2, 0.25) is 0 Å². The number of carbonyl (C=O) groups excluding carboxylic acids is 2. The second-order valence-corrected chi connectivity index (χ2v) is 6.04. The van der Waals surface area contributed by atoms with Crippen molar-refractivity contribution in [3.05, 3.63) is 40.2 Å². The van der Waals surface area contributed by atoms with E-state index in [4.69, 9.17) is 0 Å². The summed E-state index contributed by atoms with van der Waals surface area (Å²) in [5, 5.41) is 5.43. The van der Waals surface area contributed by atoms with Gasteiger partial charge in [0.25, 0.3) is 11.8 Å². The minimum Gasteiger partial charge on any atom is -0.351 e. The zero-order valence-corrected chi connectivity index (χ0v) is 12.9. The molecule has 0 fully saturated rings. The molecule has 2 aromatic rings. The lowest BCUT2D eigenvalue weighted by atomic mass is 10.2. The number of anilines is 1. The van der Waals surface area contributed by atoms with Crippen molar-refractivity contribution < 1.29 is 22.8 Å². The Morgan fingerprint density at radius 3 is 2.79 bits per heavy atom. The van der Waals surface area contributed by atoms with Crippen molar-refractivity contribution in [3.63, 3.8) is 0 Å². The van der Waals surface area contributed by atoms with Gasteiger partial charge < -0.3 is 5.32 Å². The van der Waals surface area contributed by atoms with Gasteiger partial charge in [-0.05, 0) is 25.0 Å². The van der Waals surface area contributed by atoms with Crippen LogP contribution in [-0.2, 0) is 12.6 Å². The molecule has 0 saturated carbocycles. The molecule has 10 heteroatoms. The van der Waals surface area contributed by atoms with Gasteiger partial charge in [-0.15, -0.1) is 0 Å². The van der Waals surface area contributed by atoms with Crippen molar-refractivity contribution >= 4 is 28.3 Å². The predicted octanol–water partition coefficient (Wildman–Crippen LogP) is 2.49. The van der Waals surface area contributed by atoms with Crippen molar-refractivity contribution in [2.75, 3.05) is 11.9 Å². The zero-order chi connectivity index (χ0) is 17.3. The minimum atomic E-state index is -4.56. The Bertz CT molecular complexity index is 786. The fourth-order valence-electron chi connectivity index (χ4n) is 2.16. The number of carbonyl (C=O) groups is 2. The number of rotatable bonds is 2. The van der Waals surface area contributed by atoms with E-state index in [1.165, 1.54) is 0 Å². The van der Waals surface area contributed by atoms with Gasteiger partial charge in [0.15, 0.2) is 5.13 Å². The third-order valence-corrected chi connectivity index (χ3v) is 4.33. The van der Waals surface area contributed by atoms with Crippen LogP contribution in [0, 0.1) is 0 Å². The molecule has 6 nitrogen and oxygen atoms in total. The average molecular weight is 356 g/mol. The Hall–Kier alpha value is -2.49. The van der Waals surface area contributed by atoms with E-state index in [2.05, 4.69) is 20.6 Å². The number of alkyl halides is 3. The van der Waals surface area contributed by atoms with E-state index in [9.17, 15) is 22.8 Å². The normalized spacial score (nSPS) is 14.5. The molecule has 2 amide bonds. The summed E-state index contributed by atoms with van der Waals surface area (Å²) in [5.74, 6) is -0.878. The van der Waals surface area contributed by atoms with E-state index in [1.54, 1.807) is 0 Å². The molecule has 0 radical (unpaired) electrons. The number of fused-ring (bicyclic) bond motifs is 1. The van der Waals surface area contributed by atoms with Crippen LogP contribution in [-0.4, -0.2) is 28.3 Å². The second kappa shape index (κ2) is 6.19. The van der Waals surface area contributed by atoms with Gasteiger partial charge in [0.2, 0.25) is 0 Å². The topological polar surface area (TPSA) is 84.0 Å². The van der Waals surface area contributed by atoms with E-state index in [-0.39, 0.29) is 16.6 Å². The van der Waals surface area contributed by atoms with Crippen LogP contribution in [0.1, 0.15) is 37.8 Å². The van der Waals surface area contributed by atoms with Gasteiger partial charge >= 0.3 is 6.18 Å². The molecule has 0 spiro atoms. The molecule has 2 N–H and O–H groups in total. The summed E-state index contributed by atoms with van der Waals surface area (Å²) in [7, 11) is 0. The Morgan fingerprint density at radius 2 is 2.12 bits per heavy atom. The fraction of sp³-hybridized carbons (Fsp3) is 0.286.